The molecule has 76 valence electrons. The van der Waals surface area contributed by atoms with Crippen molar-refractivity contribution < 1.29 is 68.7 Å². The molecule has 0 nitrogen and oxygen atoms in total. The second-order valence-electron chi connectivity index (χ2n) is 3.69. The summed E-state index contributed by atoms with van der Waals surface area (Å²) in [5.74, 6) is -2.19. The van der Waals surface area contributed by atoms with Crippen molar-refractivity contribution in [1.82, 2.24) is 0 Å². The monoisotopic (exact) mass is 242 g/mol. The summed E-state index contributed by atoms with van der Waals surface area (Å²) >= 11 is 0. The van der Waals surface area contributed by atoms with Crippen LogP contribution in [0.1, 0.15) is 17.9 Å². The van der Waals surface area contributed by atoms with E-state index in [0.717, 1.165) is 0 Å². The average molecular weight is 242 g/mol. The van der Waals surface area contributed by atoms with Crippen LogP contribution in [0.4, 0.5) is 17.3 Å². The fraction of sp³-hybridized carbons (Fsp3) is 0.333. The molecule has 1 aromatic carbocycles. The van der Waals surface area contributed by atoms with E-state index < -0.39 is 24.5 Å². The number of hydrogen-bond donors (Lipinski definition) is 0. The van der Waals surface area contributed by atoms with Crippen LogP contribution in [0.25, 0.3) is 0 Å². The van der Waals surface area contributed by atoms with Crippen molar-refractivity contribution in [3.63, 3.8) is 0 Å². The smallest absolute Gasteiger partial charge is 0.449 e. The van der Waals surface area contributed by atoms with Gasteiger partial charge in [0.25, 0.3) is 0 Å². The standard InChI is InChI=1S/C9H8BF4.K/c11-7-3-1-2-6(4-7)8-5-9(8)10(12,13)14;/h1-4,8-9H,5H2;/q-1;+1/t8-,9+;/m0./s1. The molecule has 0 heterocycles. The summed E-state index contributed by atoms with van der Waals surface area (Å²) < 4.78 is 49.4. The predicted molar refractivity (Wildman–Crippen MR) is 46.6 cm³/mol. The first-order chi connectivity index (χ1) is 6.48. The van der Waals surface area contributed by atoms with E-state index >= 15 is 0 Å². The molecule has 0 bridgehead atoms. The van der Waals surface area contributed by atoms with Crippen LogP contribution in [0, 0.1) is 5.82 Å². The van der Waals surface area contributed by atoms with Crippen LogP contribution >= 0.6 is 0 Å². The van der Waals surface area contributed by atoms with Gasteiger partial charge in [-0.05, 0) is 23.6 Å². The van der Waals surface area contributed by atoms with Crippen LogP contribution in [0.2, 0.25) is 5.82 Å². The molecule has 2 rings (SSSR count). The molecular weight excluding hydrogens is 234 g/mol. The topological polar surface area (TPSA) is 0 Å². The Labute approximate surface area is 128 Å². The molecular formula is C9H8BF4K. The first-order valence-electron chi connectivity index (χ1n) is 4.44. The number of rotatable bonds is 2. The molecule has 1 fully saturated rings. The molecule has 6 heteroatoms. The first kappa shape index (κ1) is 13.7. The van der Waals surface area contributed by atoms with Gasteiger partial charge < -0.3 is 12.9 Å². The van der Waals surface area contributed by atoms with Crippen LogP contribution in [-0.2, 0) is 0 Å². The second kappa shape index (κ2) is 4.87. The largest absolute Gasteiger partial charge is 1.00 e. The molecule has 0 aliphatic heterocycles. The Balaban J connectivity index is 0.00000112. The Morgan fingerprint density at radius 3 is 2.33 bits per heavy atom. The molecule has 0 unspecified atom stereocenters. The summed E-state index contributed by atoms with van der Waals surface area (Å²) in [5.41, 5.74) is 0.467. The quantitative estimate of drug-likeness (QED) is 0.524. The van der Waals surface area contributed by atoms with Gasteiger partial charge in [-0.3, -0.25) is 0 Å². The van der Waals surface area contributed by atoms with Crippen LogP contribution in [-0.4, -0.2) is 6.98 Å². The van der Waals surface area contributed by atoms with E-state index in [1.807, 2.05) is 0 Å². The van der Waals surface area contributed by atoms with Crippen LogP contribution < -0.4 is 51.4 Å². The molecule has 1 aliphatic carbocycles. The molecule has 0 saturated heterocycles. The van der Waals surface area contributed by atoms with Gasteiger partial charge in [0.15, 0.2) is 0 Å². The van der Waals surface area contributed by atoms with E-state index in [1.54, 1.807) is 6.07 Å². The minimum atomic E-state index is -4.76. The molecule has 0 N–H and O–H groups in total. The molecule has 1 saturated carbocycles. The summed E-state index contributed by atoms with van der Waals surface area (Å²) in [5, 5.41) is 0. The third-order valence-corrected chi connectivity index (χ3v) is 2.60. The Hall–Kier alpha value is 0.641. The maximum atomic E-state index is 12.7. The summed E-state index contributed by atoms with van der Waals surface area (Å²) in [6, 6.07) is 5.42. The van der Waals surface area contributed by atoms with E-state index in [0.29, 0.717) is 5.56 Å². The third-order valence-electron chi connectivity index (χ3n) is 2.60. The fourth-order valence-electron chi connectivity index (χ4n) is 1.75. The molecule has 0 radical (unpaired) electrons. The van der Waals surface area contributed by atoms with E-state index in [-0.39, 0.29) is 57.8 Å². The van der Waals surface area contributed by atoms with Crippen molar-refractivity contribution in [3.8, 4) is 0 Å². The van der Waals surface area contributed by atoms with Crippen molar-refractivity contribution >= 4 is 6.98 Å². The predicted octanol–water partition coefficient (Wildman–Crippen LogP) is 0.535. The molecule has 0 amide bonds. The SMILES string of the molecule is Fc1cccc([C@@H]2C[C@H]2[B-](F)(F)F)c1.[K+]. The zero-order valence-corrected chi connectivity index (χ0v) is 11.4. The fourth-order valence-corrected chi connectivity index (χ4v) is 1.75. The summed E-state index contributed by atoms with van der Waals surface area (Å²) in [4.78, 5) is 0. The van der Waals surface area contributed by atoms with Gasteiger partial charge >= 0.3 is 58.4 Å². The van der Waals surface area contributed by atoms with E-state index in [4.69, 9.17) is 0 Å². The van der Waals surface area contributed by atoms with Crippen LogP contribution in [0.3, 0.4) is 0 Å². The molecule has 1 aromatic rings. The van der Waals surface area contributed by atoms with Crippen molar-refractivity contribution in [2.75, 3.05) is 0 Å². The van der Waals surface area contributed by atoms with Gasteiger partial charge in [-0.15, -0.1) is 0 Å². The van der Waals surface area contributed by atoms with Crippen molar-refractivity contribution in [3.05, 3.63) is 35.6 Å². The van der Waals surface area contributed by atoms with Crippen LogP contribution in [0.15, 0.2) is 24.3 Å². The Kier molecular flexibility index (Phi) is 4.45. The Bertz CT molecular complexity index is 352. The second-order valence-corrected chi connectivity index (χ2v) is 3.69. The molecule has 0 aromatic heterocycles. The van der Waals surface area contributed by atoms with Gasteiger partial charge in [-0.25, -0.2) is 4.39 Å². The molecule has 1 aliphatic rings. The van der Waals surface area contributed by atoms with E-state index in [2.05, 4.69) is 0 Å². The van der Waals surface area contributed by atoms with Gasteiger partial charge in [0.05, 0.1) is 0 Å². The maximum Gasteiger partial charge on any atom is 1.00 e. The first-order valence-corrected chi connectivity index (χ1v) is 4.44. The van der Waals surface area contributed by atoms with Gasteiger partial charge in [-0.1, -0.05) is 24.4 Å². The van der Waals surface area contributed by atoms with Gasteiger partial charge in [-0.2, -0.15) is 0 Å². The molecule has 2 atom stereocenters. The number of hydrogen-bond acceptors (Lipinski definition) is 0. The minimum Gasteiger partial charge on any atom is -0.449 e. The molecule has 0 spiro atoms. The zero-order chi connectivity index (χ0) is 10.3. The minimum absolute atomic E-state index is 0. The summed E-state index contributed by atoms with van der Waals surface area (Å²) in [6.45, 7) is -4.76. The zero-order valence-electron chi connectivity index (χ0n) is 8.26. The average Bonchev–Trinajstić information content (AvgIpc) is 2.81. The number of benzene rings is 1. The van der Waals surface area contributed by atoms with Gasteiger partial charge in [0, 0.05) is 0 Å². The van der Waals surface area contributed by atoms with Crippen LogP contribution in [0.5, 0.6) is 0 Å². The molecule has 15 heavy (non-hydrogen) atoms. The normalized spacial score (nSPS) is 24.5. The van der Waals surface area contributed by atoms with E-state index in [1.165, 1.54) is 18.2 Å². The van der Waals surface area contributed by atoms with Crippen molar-refractivity contribution in [2.24, 2.45) is 0 Å². The summed E-state index contributed by atoms with van der Waals surface area (Å²) in [7, 11) is 0. The number of halogens is 4. The van der Waals surface area contributed by atoms with E-state index in [9.17, 15) is 17.3 Å². The summed E-state index contributed by atoms with van der Waals surface area (Å²) in [6.07, 6.45) is 0.118. The third kappa shape index (κ3) is 3.30. The Morgan fingerprint density at radius 1 is 1.20 bits per heavy atom. The van der Waals surface area contributed by atoms with Crippen molar-refractivity contribution in [2.45, 2.75) is 18.2 Å². The van der Waals surface area contributed by atoms with Crippen molar-refractivity contribution in [1.29, 1.82) is 0 Å². The maximum absolute atomic E-state index is 12.7. The van der Waals surface area contributed by atoms with Gasteiger partial charge in [0.2, 0.25) is 0 Å². The van der Waals surface area contributed by atoms with Gasteiger partial charge in [0.1, 0.15) is 5.82 Å². The Morgan fingerprint density at radius 2 is 1.87 bits per heavy atom.